The first kappa shape index (κ1) is 13.0. The summed E-state index contributed by atoms with van der Waals surface area (Å²) in [5.41, 5.74) is 9.33. The van der Waals surface area contributed by atoms with Crippen LogP contribution in [0.4, 0.5) is 5.69 Å². The molecule has 0 atom stereocenters. The van der Waals surface area contributed by atoms with Crippen LogP contribution in [0.3, 0.4) is 0 Å². The van der Waals surface area contributed by atoms with E-state index in [9.17, 15) is 4.79 Å². The zero-order valence-corrected chi connectivity index (χ0v) is 12.2. The summed E-state index contributed by atoms with van der Waals surface area (Å²) in [5, 5.41) is 2.45. The summed E-state index contributed by atoms with van der Waals surface area (Å²) in [6.45, 7) is 0. The van der Waals surface area contributed by atoms with Gasteiger partial charge in [0.15, 0.2) is 0 Å². The van der Waals surface area contributed by atoms with Crippen molar-refractivity contribution in [3.63, 3.8) is 0 Å². The van der Waals surface area contributed by atoms with Gasteiger partial charge in [-0.2, -0.15) is 0 Å². The van der Waals surface area contributed by atoms with Crippen molar-refractivity contribution >= 4 is 39.1 Å². The van der Waals surface area contributed by atoms with Gasteiger partial charge in [-0.1, -0.05) is 23.7 Å². The largest absolute Gasteiger partial charge is 0.394 e. The molecular weight excluding hydrogens is 298 g/mol. The highest BCUT2D eigenvalue weighted by atomic mass is 35.5. The van der Waals surface area contributed by atoms with Gasteiger partial charge in [-0.15, -0.1) is 0 Å². The Bertz CT molecular complexity index is 1080. The molecule has 22 heavy (non-hydrogen) atoms. The summed E-state index contributed by atoms with van der Waals surface area (Å²) >= 11 is 6.13. The Kier molecular flexibility index (Phi) is 2.74. The highest BCUT2D eigenvalue weighted by Crippen LogP contribution is 2.36. The number of pyridine rings is 1. The SMILES string of the molecule is Nc1c(-c2cccc3[nH]ccc23)c2cc(Cl)ccc2[nH]c1=O. The van der Waals surface area contributed by atoms with Gasteiger partial charge in [0.1, 0.15) is 5.69 Å². The predicted molar refractivity (Wildman–Crippen MR) is 91.3 cm³/mol. The van der Waals surface area contributed by atoms with Crippen molar-refractivity contribution in [2.75, 3.05) is 5.73 Å². The minimum Gasteiger partial charge on any atom is -0.394 e. The van der Waals surface area contributed by atoms with E-state index >= 15 is 0 Å². The fourth-order valence-electron chi connectivity index (χ4n) is 2.87. The summed E-state index contributed by atoms with van der Waals surface area (Å²) in [6.07, 6.45) is 1.87. The molecule has 0 bridgehead atoms. The predicted octanol–water partition coefficient (Wildman–Crippen LogP) is 3.91. The fraction of sp³-hybridized carbons (Fsp3) is 0. The molecular formula is C17H12ClN3O. The number of nitrogens with two attached hydrogens (primary N) is 1. The standard InChI is InChI=1S/C17H12ClN3O/c18-9-4-5-14-12(8-9)15(16(19)17(22)21-14)11-2-1-3-13-10(11)6-7-20-13/h1-8,20H,19H2,(H,21,22). The van der Waals surface area contributed by atoms with Crippen LogP contribution in [0.1, 0.15) is 0 Å². The molecule has 4 N–H and O–H groups in total. The molecule has 108 valence electrons. The first-order valence-corrected chi connectivity index (χ1v) is 7.20. The molecule has 0 spiro atoms. The molecule has 0 saturated heterocycles. The maximum atomic E-state index is 12.2. The van der Waals surface area contributed by atoms with E-state index in [1.807, 2.05) is 36.5 Å². The Hall–Kier alpha value is -2.72. The number of hydrogen-bond donors (Lipinski definition) is 3. The molecule has 0 fully saturated rings. The number of aromatic nitrogens is 2. The van der Waals surface area contributed by atoms with E-state index in [0.717, 1.165) is 21.9 Å². The minimum atomic E-state index is -0.294. The summed E-state index contributed by atoms with van der Waals surface area (Å²) in [6, 6.07) is 13.2. The molecule has 0 aliphatic carbocycles. The number of nitrogen functional groups attached to an aromatic ring is 1. The third kappa shape index (κ3) is 1.81. The van der Waals surface area contributed by atoms with Crippen molar-refractivity contribution in [1.29, 1.82) is 0 Å². The second-order valence-electron chi connectivity index (χ2n) is 5.18. The number of H-pyrrole nitrogens is 2. The van der Waals surface area contributed by atoms with Gasteiger partial charge in [0.2, 0.25) is 0 Å². The van der Waals surface area contributed by atoms with Crippen LogP contribution in [0.15, 0.2) is 53.5 Å². The maximum Gasteiger partial charge on any atom is 0.272 e. The van der Waals surface area contributed by atoms with E-state index in [2.05, 4.69) is 9.97 Å². The second-order valence-corrected chi connectivity index (χ2v) is 5.61. The van der Waals surface area contributed by atoms with Crippen LogP contribution < -0.4 is 11.3 Å². The quantitative estimate of drug-likeness (QED) is 0.498. The smallest absolute Gasteiger partial charge is 0.272 e. The molecule has 0 unspecified atom stereocenters. The molecule has 0 amide bonds. The third-order valence-electron chi connectivity index (χ3n) is 3.88. The molecule has 4 nitrogen and oxygen atoms in total. The summed E-state index contributed by atoms with van der Waals surface area (Å²) in [5.74, 6) is 0. The highest BCUT2D eigenvalue weighted by molar-refractivity contribution is 6.31. The van der Waals surface area contributed by atoms with Gasteiger partial charge in [-0.3, -0.25) is 4.79 Å². The Morgan fingerprint density at radius 1 is 1.00 bits per heavy atom. The Morgan fingerprint density at radius 3 is 2.73 bits per heavy atom. The van der Waals surface area contributed by atoms with Crippen LogP contribution in [0.25, 0.3) is 32.9 Å². The van der Waals surface area contributed by atoms with Crippen LogP contribution in [0.2, 0.25) is 5.02 Å². The highest BCUT2D eigenvalue weighted by Gasteiger charge is 2.15. The van der Waals surface area contributed by atoms with Crippen molar-refractivity contribution in [1.82, 2.24) is 9.97 Å². The van der Waals surface area contributed by atoms with E-state index in [4.69, 9.17) is 17.3 Å². The van der Waals surface area contributed by atoms with Crippen LogP contribution in [-0.2, 0) is 0 Å². The lowest BCUT2D eigenvalue weighted by molar-refractivity contribution is 1.31. The molecule has 0 aliphatic rings. The van der Waals surface area contributed by atoms with Crippen molar-refractivity contribution < 1.29 is 0 Å². The van der Waals surface area contributed by atoms with E-state index in [-0.39, 0.29) is 11.2 Å². The monoisotopic (exact) mass is 309 g/mol. The topological polar surface area (TPSA) is 74.7 Å². The van der Waals surface area contributed by atoms with Crippen molar-refractivity contribution in [3.8, 4) is 11.1 Å². The zero-order valence-electron chi connectivity index (χ0n) is 11.5. The van der Waals surface area contributed by atoms with Crippen LogP contribution in [0.5, 0.6) is 0 Å². The number of halogens is 1. The Balaban J connectivity index is 2.22. The van der Waals surface area contributed by atoms with E-state index in [1.165, 1.54) is 0 Å². The zero-order chi connectivity index (χ0) is 15.3. The van der Waals surface area contributed by atoms with Crippen LogP contribution in [-0.4, -0.2) is 9.97 Å². The fourth-order valence-corrected chi connectivity index (χ4v) is 3.05. The molecule has 2 heterocycles. The van der Waals surface area contributed by atoms with Crippen molar-refractivity contribution in [3.05, 3.63) is 64.0 Å². The molecule has 0 aliphatic heterocycles. The number of anilines is 1. The first-order valence-electron chi connectivity index (χ1n) is 6.82. The summed E-state index contributed by atoms with van der Waals surface area (Å²) < 4.78 is 0. The van der Waals surface area contributed by atoms with Gasteiger partial charge in [-0.25, -0.2) is 0 Å². The molecule has 4 aromatic rings. The van der Waals surface area contributed by atoms with Gasteiger partial charge in [-0.05, 0) is 35.9 Å². The van der Waals surface area contributed by atoms with Gasteiger partial charge >= 0.3 is 0 Å². The average Bonchev–Trinajstić information content (AvgIpc) is 2.98. The van der Waals surface area contributed by atoms with Gasteiger partial charge in [0.25, 0.3) is 5.56 Å². The Labute approximate surface area is 130 Å². The van der Waals surface area contributed by atoms with E-state index < -0.39 is 0 Å². The molecule has 4 rings (SSSR count). The summed E-state index contributed by atoms with van der Waals surface area (Å²) in [4.78, 5) is 18.1. The van der Waals surface area contributed by atoms with Gasteiger partial charge in [0, 0.05) is 38.6 Å². The minimum absolute atomic E-state index is 0.198. The second kappa shape index (κ2) is 4.64. The van der Waals surface area contributed by atoms with Gasteiger partial charge < -0.3 is 15.7 Å². The molecule has 2 aromatic heterocycles. The number of fused-ring (bicyclic) bond motifs is 2. The number of aromatic amines is 2. The van der Waals surface area contributed by atoms with Crippen LogP contribution >= 0.6 is 11.6 Å². The molecule has 0 saturated carbocycles. The lowest BCUT2D eigenvalue weighted by Crippen LogP contribution is -2.13. The maximum absolute atomic E-state index is 12.2. The van der Waals surface area contributed by atoms with E-state index in [1.54, 1.807) is 12.1 Å². The number of hydrogen-bond acceptors (Lipinski definition) is 2. The summed E-state index contributed by atoms with van der Waals surface area (Å²) in [7, 11) is 0. The number of rotatable bonds is 1. The molecule has 5 heteroatoms. The van der Waals surface area contributed by atoms with Crippen molar-refractivity contribution in [2.24, 2.45) is 0 Å². The molecule has 2 aromatic carbocycles. The first-order chi connectivity index (χ1) is 10.6. The van der Waals surface area contributed by atoms with Crippen LogP contribution in [0, 0.1) is 0 Å². The van der Waals surface area contributed by atoms with E-state index in [0.29, 0.717) is 16.1 Å². The normalized spacial score (nSPS) is 11.3. The number of nitrogens with one attached hydrogen (secondary N) is 2. The lowest BCUT2D eigenvalue weighted by atomic mass is 9.97. The molecule has 0 radical (unpaired) electrons. The average molecular weight is 310 g/mol. The van der Waals surface area contributed by atoms with Gasteiger partial charge in [0.05, 0.1) is 0 Å². The van der Waals surface area contributed by atoms with Crippen molar-refractivity contribution in [2.45, 2.75) is 0 Å². The Morgan fingerprint density at radius 2 is 1.86 bits per heavy atom. The lowest BCUT2D eigenvalue weighted by Gasteiger charge is -2.11. The number of benzene rings is 2. The third-order valence-corrected chi connectivity index (χ3v) is 4.11.